The van der Waals surface area contributed by atoms with Crippen LogP contribution in [0.3, 0.4) is 0 Å². The van der Waals surface area contributed by atoms with Crippen LogP contribution < -0.4 is 0 Å². The molecule has 16 heavy (non-hydrogen) atoms. The number of nitrogens with zero attached hydrogens (tertiary/aromatic N) is 3. The number of likely N-dealkylation sites (N-methyl/N-ethyl adjacent to an activating group) is 1. The second-order valence-electron chi connectivity index (χ2n) is 4.12. The van der Waals surface area contributed by atoms with Gasteiger partial charge in [-0.1, -0.05) is 30.3 Å². The van der Waals surface area contributed by atoms with Crippen LogP contribution in [0.15, 0.2) is 30.3 Å². The molecule has 1 aliphatic heterocycles. The Morgan fingerprint density at radius 1 is 1.12 bits per heavy atom. The number of piperazine rings is 1. The molecule has 0 spiro atoms. The largest absolute Gasteiger partial charge is 0.762 e. The molecule has 84 valence electrons. The first-order valence-corrected chi connectivity index (χ1v) is 5.57. The van der Waals surface area contributed by atoms with Crippen molar-refractivity contribution in [2.24, 2.45) is 0 Å². The summed E-state index contributed by atoms with van der Waals surface area (Å²) >= 11 is 0. The van der Waals surface area contributed by atoms with Crippen LogP contribution in [0.5, 0.6) is 0 Å². The number of hydrogen-bond acceptors (Lipinski definition) is 2. The van der Waals surface area contributed by atoms with E-state index in [1.807, 2.05) is 30.3 Å². The Balaban J connectivity index is 2.16. The van der Waals surface area contributed by atoms with Crippen molar-refractivity contribution >= 4 is 11.6 Å². The minimum atomic E-state index is 0.800. The van der Waals surface area contributed by atoms with Gasteiger partial charge in [0.2, 0.25) is 0 Å². The summed E-state index contributed by atoms with van der Waals surface area (Å²) in [6.45, 7) is 3.93. The average Bonchev–Trinajstić information content (AvgIpc) is 2.34. The lowest BCUT2D eigenvalue weighted by Gasteiger charge is -2.35. The van der Waals surface area contributed by atoms with Crippen LogP contribution in [0.1, 0.15) is 5.56 Å². The van der Waals surface area contributed by atoms with Crippen molar-refractivity contribution in [1.29, 1.82) is 0 Å². The van der Waals surface area contributed by atoms with Gasteiger partial charge in [0.1, 0.15) is 0 Å². The highest BCUT2D eigenvalue weighted by molar-refractivity contribution is 5.90. The number of benzene rings is 1. The second-order valence-corrected chi connectivity index (χ2v) is 4.12. The van der Waals surface area contributed by atoms with E-state index in [9.17, 15) is 5.41 Å². The number of hydrogen-bond donors (Lipinski definition) is 0. The quantitative estimate of drug-likeness (QED) is 0.698. The molecular weight excluding hydrogens is 198 g/mol. The Morgan fingerprint density at radius 2 is 1.75 bits per heavy atom. The van der Waals surface area contributed by atoms with Gasteiger partial charge in [0.25, 0.3) is 0 Å². The van der Waals surface area contributed by atoms with Crippen molar-refractivity contribution in [2.75, 3.05) is 33.2 Å². The first-order valence-electron chi connectivity index (χ1n) is 5.57. The Labute approximate surface area is 96.5 Å². The smallest absolute Gasteiger partial charge is 0.0639 e. The second kappa shape index (κ2) is 4.97. The van der Waals surface area contributed by atoms with Crippen LogP contribution in [0, 0.1) is 0 Å². The van der Waals surface area contributed by atoms with Gasteiger partial charge in [-0.05, 0) is 7.05 Å². The first kappa shape index (κ1) is 10.9. The fraction of sp³-hybridized carbons (Fsp3) is 0.385. The molecule has 2 rings (SSSR count). The molecule has 0 radical (unpaired) electrons. The van der Waals surface area contributed by atoms with Crippen molar-refractivity contribution in [1.82, 2.24) is 9.80 Å². The molecule has 1 fully saturated rings. The molecule has 3 nitrogen and oxygen atoms in total. The maximum absolute atomic E-state index is 9.26. The minimum absolute atomic E-state index is 0.800. The van der Waals surface area contributed by atoms with Crippen molar-refractivity contribution < 1.29 is 0 Å². The standard InChI is InChI=1S/C13H16N3/c1-15-7-9-16(10-8-15)13(11-14)12-5-3-2-4-6-12/h2-6H,7-10H2,1H3/q-1. The molecule has 1 aliphatic rings. The zero-order valence-corrected chi connectivity index (χ0v) is 9.56. The lowest BCUT2D eigenvalue weighted by molar-refractivity contribution is 0.208. The third-order valence-electron chi connectivity index (χ3n) is 2.97. The summed E-state index contributed by atoms with van der Waals surface area (Å²) in [4.78, 5) is 4.46. The maximum atomic E-state index is 9.26. The summed E-state index contributed by atoms with van der Waals surface area (Å²) < 4.78 is 0. The summed E-state index contributed by atoms with van der Waals surface area (Å²) in [5.41, 5.74) is 1.82. The summed E-state index contributed by atoms with van der Waals surface area (Å²) in [7, 11) is 2.12. The summed E-state index contributed by atoms with van der Waals surface area (Å²) in [6, 6.07) is 9.92. The Hall–Kier alpha value is -1.57. The van der Waals surface area contributed by atoms with E-state index in [2.05, 4.69) is 22.7 Å². The fourth-order valence-electron chi connectivity index (χ4n) is 1.94. The Bertz CT molecular complexity index is 385. The Kier molecular flexibility index (Phi) is 3.40. The van der Waals surface area contributed by atoms with Gasteiger partial charge in [-0.2, -0.15) is 0 Å². The zero-order chi connectivity index (χ0) is 11.4. The molecule has 1 aromatic carbocycles. The van der Waals surface area contributed by atoms with E-state index < -0.39 is 0 Å². The fourth-order valence-corrected chi connectivity index (χ4v) is 1.94. The molecule has 0 aromatic heterocycles. The van der Waals surface area contributed by atoms with Gasteiger partial charge < -0.3 is 15.2 Å². The van der Waals surface area contributed by atoms with Gasteiger partial charge >= 0.3 is 0 Å². The van der Waals surface area contributed by atoms with Crippen LogP contribution >= 0.6 is 0 Å². The van der Waals surface area contributed by atoms with E-state index in [1.165, 1.54) is 0 Å². The lowest BCUT2D eigenvalue weighted by Crippen LogP contribution is -2.43. The van der Waals surface area contributed by atoms with Gasteiger partial charge in [-0.25, -0.2) is 5.87 Å². The van der Waals surface area contributed by atoms with E-state index in [0.29, 0.717) is 0 Å². The summed E-state index contributed by atoms with van der Waals surface area (Å²) in [5.74, 6) is 2.33. The van der Waals surface area contributed by atoms with E-state index in [-0.39, 0.29) is 0 Å². The SMILES string of the molecule is CN1CCN(C(=C=[N-])c2ccccc2)CC1. The van der Waals surface area contributed by atoms with E-state index >= 15 is 0 Å². The van der Waals surface area contributed by atoms with Crippen molar-refractivity contribution in [3.63, 3.8) is 0 Å². The van der Waals surface area contributed by atoms with Crippen LogP contribution in [0.4, 0.5) is 0 Å². The van der Waals surface area contributed by atoms with Gasteiger partial charge in [-0.3, -0.25) is 0 Å². The molecule has 0 aliphatic carbocycles. The highest BCUT2D eigenvalue weighted by atomic mass is 15.2. The topological polar surface area (TPSA) is 28.8 Å². The predicted octanol–water partition coefficient (Wildman–Crippen LogP) is 1.51. The Morgan fingerprint density at radius 3 is 2.31 bits per heavy atom. The molecule has 0 atom stereocenters. The molecule has 0 bridgehead atoms. The zero-order valence-electron chi connectivity index (χ0n) is 9.56. The summed E-state index contributed by atoms with van der Waals surface area (Å²) in [5, 5.41) is 9.26. The van der Waals surface area contributed by atoms with Crippen molar-refractivity contribution in [3.05, 3.63) is 41.3 Å². The molecule has 1 saturated heterocycles. The van der Waals surface area contributed by atoms with Crippen LogP contribution in [-0.4, -0.2) is 48.9 Å². The molecule has 0 amide bonds. The van der Waals surface area contributed by atoms with Gasteiger partial charge in [0.15, 0.2) is 0 Å². The van der Waals surface area contributed by atoms with Crippen molar-refractivity contribution in [2.45, 2.75) is 0 Å². The third-order valence-corrected chi connectivity index (χ3v) is 2.97. The maximum Gasteiger partial charge on any atom is 0.0639 e. The molecule has 1 aromatic rings. The predicted molar refractivity (Wildman–Crippen MR) is 67.3 cm³/mol. The normalized spacial score (nSPS) is 16.9. The van der Waals surface area contributed by atoms with E-state index in [1.54, 1.807) is 0 Å². The van der Waals surface area contributed by atoms with Crippen molar-refractivity contribution in [3.8, 4) is 0 Å². The van der Waals surface area contributed by atoms with Gasteiger partial charge in [-0.15, -0.1) is 0 Å². The monoisotopic (exact) mass is 214 g/mol. The number of rotatable bonds is 2. The minimum Gasteiger partial charge on any atom is -0.762 e. The van der Waals surface area contributed by atoms with Crippen LogP contribution in [0.2, 0.25) is 0 Å². The summed E-state index contributed by atoms with van der Waals surface area (Å²) in [6.07, 6.45) is 0. The average molecular weight is 214 g/mol. The van der Waals surface area contributed by atoms with Gasteiger partial charge in [0, 0.05) is 31.7 Å². The molecule has 1 heterocycles. The van der Waals surface area contributed by atoms with E-state index in [4.69, 9.17) is 0 Å². The molecule has 0 saturated carbocycles. The molecule has 3 heteroatoms. The highest BCUT2D eigenvalue weighted by Crippen LogP contribution is 2.17. The van der Waals surface area contributed by atoms with Gasteiger partial charge in [0.05, 0.1) is 5.70 Å². The lowest BCUT2D eigenvalue weighted by atomic mass is 10.1. The third kappa shape index (κ3) is 2.32. The highest BCUT2D eigenvalue weighted by Gasteiger charge is 2.15. The molecular formula is C13H16N3-. The molecule has 0 unspecified atom stereocenters. The van der Waals surface area contributed by atoms with E-state index in [0.717, 1.165) is 37.4 Å². The molecule has 0 N–H and O–H groups in total. The first-order chi connectivity index (χ1) is 7.81. The van der Waals surface area contributed by atoms with Crippen LogP contribution in [-0.2, 0) is 0 Å². The van der Waals surface area contributed by atoms with Crippen LogP contribution in [0.25, 0.3) is 11.1 Å².